The van der Waals surface area contributed by atoms with E-state index < -0.39 is 5.97 Å². The second-order valence-corrected chi connectivity index (χ2v) is 7.19. The molecule has 0 radical (unpaired) electrons. The first-order chi connectivity index (χ1) is 14.4. The highest BCUT2D eigenvalue weighted by atomic mass is 35.5. The molecule has 0 saturated heterocycles. The first-order valence-electron chi connectivity index (χ1n) is 9.41. The summed E-state index contributed by atoms with van der Waals surface area (Å²) in [7, 11) is 0. The average molecular weight is 428 g/mol. The minimum absolute atomic E-state index is 0.187. The first kappa shape index (κ1) is 21.4. The Labute approximate surface area is 179 Å². The molecule has 1 heterocycles. The number of aromatic nitrogens is 2. The second kappa shape index (κ2) is 9.93. The van der Waals surface area contributed by atoms with Crippen LogP contribution >= 0.6 is 11.6 Å². The van der Waals surface area contributed by atoms with Crippen LogP contribution in [0.15, 0.2) is 60.8 Å². The van der Waals surface area contributed by atoms with Gasteiger partial charge in [0.05, 0.1) is 24.4 Å². The number of hydrogen-bond donors (Lipinski definition) is 1. The Morgan fingerprint density at radius 1 is 1.10 bits per heavy atom. The van der Waals surface area contributed by atoms with Crippen LogP contribution in [-0.2, 0) is 16.1 Å². The molecule has 3 rings (SSSR count). The number of halogens is 1. The molecule has 156 valence electrons. The van der Waals surface area contributed by atoms with Crippen LogP contribution in [0.4, 0.5) is 5.82 Å². The molecule has 0 saturated carbocycles. The quantitative estimate of drug-likeness (QED) is 0.545. The zero-order valence-corrected chi connectivity index (χ0v) is 17.4. The number of amides is 1. The van der Waals surface area contributed by atoms with E-state index in [0.29, 0.717) is 28.7 Å². The van der Waals surface area contributed by atoms with Gasteiger partial charge in [-0.15, -0.1) is 0 Å². The van der Waals surface area contributed by atoms with Crippen molar-refractivity contribution in [1.29, 1.82) is 0 Å². The maximum atomic E-state index is 12.3. The van der Waals surface area contributed by atoms with E-state index >= 15 is 0 Å². The second-order valence-electron chi connectivity index (χ2n) is 6.78. The minimum atomic E-state index is -0.402. The number of anilines is 1. The summed E-state index contributed by atoms with van der Waals surface area (Å²) < 4.78 is 12.3. The Morgan fingerprint density at radius 3 is 2.53 bits per heavy atom. The van der Waals surface area contributed by atoms with Crippen LogP contribution in [-0.4, -0.2) is 34.4 Å². The molecule has 1 N–H and O–H groups in total. The van der Waals surface area contributed by atoms with Gasteiger partial charge in [-0.1, -0.05) is 29.8 Å². The molecule has 1 aromatic heterocycles. The van der Waals surface area contributed by atoms with Gasteiger partial charge in [0.2, 0.25) is 0 Å². The smallest absolute Gasteiger partial charge is 0.338 e. The van der Waals surface area contributed by atoms with Crippen molar-refractivity contribution in [1.82, 2.24) is 9.78 Å². The minimum Gasteiger partial charge on any atom is -0.484 e. The number of benzene rings is 2. The summed E-state index contributed by atoms with van der Waals surface area (Å²) in [5.41, 5.74) is 1.31. The fraction of sp³-hybridized carbons (Fsp3) is 0.227. The van der Waals surface area contributed by atoms with Gasteiger partial charge in [0.1, 0.15) is 11.6 Å². The van der Waals surface area contributed by atoms with Crippen LogP contribution in [0.3, 0.4) is 0 Å². The third-order valence-electron chi connectivity index (χ3n) is 4.06. The Morgan fingerprint density at radius 2 is 1.83 bits per heavy atom. The van der Waals surface area contributed by atoms with Crippen molar-refractivity contribution in [2.24, 2.45) is 0 Å². The van der Waals surface area contributed by atoms with Crippen molar-refractivity contribution in [3.63, 3.8) is 0 Å². The molecule has 30 heavy (non-hydrogen) atoms. The van der Waals surface area contributed by atoms with Crippen LogP contribution < -0.4 is 10.1 Å². The van der Waals surface area contributed by atoms with E-state index in [1.165, 1.54) is 0 Å². The largest absolute Gasteiger partial charge is 0.484 e. The van der Waals surface area contributed by atoms with Crippen molar-refractivity contribution in [2.75, 3.05) is 11.9 Å². The van der Waals surface area contributed by atoms with Gasteiger partial charge in [-0.05, 0) is 49.7 Å². The van der Waals surface area contributed by atoms with Crippen LogP contribution in [0.1, 0.15) is 29.8 Å². The Hall–Kier alpha value is -3.32. The lowest BCUT2D eigenvalue weighted by atomic mass is 10.2. The molecular weight excluding hydrogens is 406 g/mol. The molecule has 0 bridgehead atoms. The molecule has 0 spiro atoms. The van der Waals surface area contributed by atoms with Crippen LogP contribution in [0.2, 0.25) is 5.02 Å². The fourth-order valence-corrected chi connectivity index (χ4v) is 2.85. The molecule has 0 fully saturated rings. The highest BCUT2D eigenvalue weighted by Gasteiger charge is 2.11. The predicted molar refractivity (Wildman–Crippen MR) is 114 cm³/mol. The molecule has 8 heteroatoms. The average Bonchev–Trinajstić information content (AvgIpc) is 3.14. The lowest BCUT2D eigenvalue weighted by molar-refractivity contribution is -0.118. The number of nitrogens with zero attached hydrogens (tertiary/aromatic N) is 2. The van der Waals surface area contributed by atoms with Crippen molar-refractivity contribution in [3.8, 4) is 5.75 Å². The maximum absolute atomic E-state index is 12.3. The van der Waals surface area contributed by atoms with Crippen LogP contribution in [0.25, 0.3) is 0 Å². The number of carbonyl (C=O) groups is 2. The van der Waals surface area contributed by atoms with E-state index in [9.17, 15) is 9.59 Å². The molecular formula is C22H22ClN3O4. The molecule has 0 aliphatic carbocycles. The monoisotopic (exact) mass is 427 g/mol. The van der Waals surface area contributed by atoms with E-state index in [1.54, 1.807) is 61.1 Å². The van der Waals surface area contributed by atoms with E-state index in [0.717, 1.165) is 5.56 Å². The summed E-state index contributed by atoms with van der Waals surface area (Å²) in [4.78, 5) is 24.1. The summed E-state index contributed by atoms with van der Waals surface area (Å²) in [6.07, 6.45) is 1.41. The van der Waals surface area contributed by atoms with Crippen molar-refractivity contribution in [2.45, 2.75) is 26.5 Å². The van der Waals surface area contributed by atoms with Crippen molar-refractivity contribution in [3.05, 3.63) is 76.9 Å². The number of carbonyl (C=O) groups excluding carboxylic acids is 2. The third-order valence-corrected chi connectivity index (χ3v) is 4.43. The molecule has 0 atom stereocenters. The molecule has 0 aliphatic rings. The molecule has 1 amide bonds. The Bertz CT molecular complexity index is 1020. The fourth-order valence-electron chi connectivity index (χ4n) is 2.65. The standard InChI is InChI=1S/C22H22ClN3O4/c1-15(2)30-22(28)16-7-9-18(10-8-16)29-14-21(27)25-20-11-12-24-26(20)13-17-5-3-4-6-19(17)23/h3-12,15H,13-14H2,1-2H3,(H,25,27). The summed E-state index contributed by atoms with van der Waals surface area (Å²) >= 11 is 6.19. The molecule has 3 aromatic rings. The normalized spacial score (nSPS) is 10.7. The maximum Gasteiger partial charge on any atom is 0.338 e. The zero-order valence-electron chi connectivity index (χ0n) is 16.7. The van der Waals surface area contributed by atoms with Gasteiger partial charge in [-0.3, -0.25) is 4.79 Å². The SMILES string of the molecule is CC(C)OC(=O)c1ccc(OCC(=O)Nc2ccnn2Cc2ccccc2Cl)cc1. The summed E-state index contributed by atoms with van der Waals surface area (Å²) in [5.74, 6) is 0.270. The summed E-state index contributed by atoms with van der Waals surface area (Å²) in [5, 5.41) is 7.63. The van der Waals surface area contributed by atoms with Gasteiger partial charge in [0.15, 0.2) is 6.61 Å². The number of ether oxygens (including phenoxy) is 2. The third kappa shape index (κ3) is 5.84. The van der Waals surface area contributed by atoms with E-state index in [1.807, 2.05) is 18.2 Å². The highest BCUT2D eigenvalue weighted by Crippen LogP contribution is 2.18. The Kier molecular flexibility index (Phi) is 7.08. The summed E-state index contributed by atoms with van der Waals surface area (Å²) in [6.45, 7) is 3.81. The molecule has 0 aliphatic heterocycles. The molecule has 7 nitrogen and oxygen atoms in total. The van der Waals surface area contributed by atoms with Crippen molar-refractivity contribution >= 4 is 29.3 Å². The first-order valence-corrected chi connectivity index (χ1v) is 9.79. The lowest BCUT2D eigenvalue weighted by Gasteiger charge is -2.11. The molecule has 0 unspecified atom stereocenters. The van der Waals surface area contributed by atoms with Gasteiger partial charge in [0.25, 0.3) is 5.91 Å². The van der Waals surface area contributed by atoms with E-state index in [-0.39, 0.29) is 18.6 Å². The number of hydrogen-bond acceptors (Lipinski definition) is 5. The number of esters is 1. The van der Waals surface area contributed by atoms with Gasteiger partial charge in [-0.2, -0.15) is 5.10 Å². The van der Waals surface area contributed by atoms with E-state index in [4.69, 9.17) is 21.1 Å². The van der Waals surface area contributed by atoms with Crippen molar-refractivity contribution < 1.29 is 19.1 Å². The number of rotatable bonds is 8. The topological polar surface area (TPSA) is 82.4 Å². The lowest BCUT2D eigenvalue weighted by Crippen LogP contribution is -2.22. The zero-order chi connectivity index (χ0) is 21.5. The Balaban J connectivity index is 1.54. The molecule has 2 aromatic carbocycles. The van der Waals surface area contributed by atoms with Gasteiger partial charge >= 0.3 is 5.97 Å². The van der Waals surface area contributed by atoms with Gasteiger partial charge in [0, 0.05) is 11.1 Å². The van der Waals surface area contributed by atoms with Gasteiger partial charge < -0.3 is 14.8 Å². The number of nitrogens with one attached hydrogen (secondary N) is 1. The van der Waals surface area contributed by atoms with Crippen LogP contribution in [0.5, 0.6) is 5.75 Å². The van der Waals surface area contributed by atoms with E-state index in [2.05, 4.69) is 10.4 Å². The summed E-state index contributed by atoms with van der Waals surface area (Å²) in [6, 6.07) is 15.6. The predicted octanol–water partition coefficient (Wildman–Crippen LogP) is 4.17. The highest BCUT2D eigenvalue weighted by molar-refractivity contribution is 6.31. The van der Waals surface area contributed by atoms with Crippen LogP contribution in [0, 0.1) is 0 Å². The van der Waals surface area contributed by atoms with Gasteiger partial charge in [-0.25, -0.2) is 9.48 Å².